The molecule has 7 nitrogen and oxygen atoms in total. The minimum absolute atomic E-state index is 0.0912. The molecule has 0 radical (unpaired) electrons. The highest BCUT2D eigenvalue weighted by Gasteiger charge is 2.19. The molecule has 2 aromatic carbocycles. The second-order valence-electron chi connectivity index (χ2n) is 6.42. The summed E-state index contributed by atoms with van der Waals surface area (Å²) >= 11 is 0. The molecule has 0 saturated heterocycles. The van der Waals surface area contributed by atoms with Crippen LogP contribution in [0.4, 0.5) is 8.78 Å². The summed E-state index contributed by atoms with van der Waals surface area (Å²) in [5.74, 6) is 0.527. The number of nitrogens with zero attached hydrogens (tertiary/aromatic N) is 4. The lowest BCUT2D eigenvalue weighted by Crippen LogP contribution is -2.23. The highest BCUT2D eigenvalue weighted by molar-refractivity contribution is 5.49. The van der Waals surface area contributed by atoms with E-state index in [1.54, 1.807) is 6.07 Å². The molecule has 0 spiro atoms. The van der Waals surface area contributed by atoms with Gasteiger partial charge < -0.3 is 9.47 Å². The number of aryl methyl sites for hydroxylation is 4. The van der Waals surface area contributed by atoms with Crippen LogP contribution in [0.15, 0.2) is 35.1 Å². The fourth-order valence-corrected chi connectivity index (χ4v) is 2.81. The molecular formula is C19H20F2N4O3. The van der Waals surface area contributed by atoms with Gasteiger partial charge in [-0.3, -0.25) is 0 Å². The smallest absolute Gasteiger partial charge is 0.387 e. The molecule has 1 heterocycles. The predicted octanol–water partition coefficient (Wildman–Crippen LogP) is 3.07. The highest BCUT2D eigenvalue weighted by Crippen LogP contribution is 2.29. The first-order chi connectivity index (χ1) is 13.3. The van der Waals surface area contributed by atoms with E-state index in [2.05, 4.69) is 15.2 Å². The zero-order valence-electron chi connectivity index (χ0n) is 15.9. The van der Waals surface area contributed by atoms with E-state index in [4.69, 9.17) is 4.74 Å². The third-order valence-electron chi connectivity index (χ3n) is 4.44. The summed E-state index contributed by atoms with van der Waals surface area (Å²) in [6.07, 6.45) is 0. The Labute approximate surface area is 160 Å². The van der Waals surface area contributed by atoms with Crippen molar-refractivity contribution in [2.24, 2.45) is 7.05 Å². The second-order valence-corrected chi connectivity index (χ2v) is 6.42. The summed E-state index contributed by atoms with van der Waals surface area (Å²) in [5, 5.41) is 7.45. The Morgan fingerprint density at radius 1 is 1.04 bits per heavy atom. The van der Waals surface area contributed by atoms with Gasteiger partial charge in [-0.1, -0.05) is 12.1 Å². The van der Waals surface area contributed by atoms with Crippen LogP contribution in [0, 0.1) is 20.8 Å². The number of benzene rings is 2. The van der Waals surface area contributed by atoms with Gasteiger partial charge in [0.1, 0.15) is 18.1 Å². The van der Waals surface area contributed by atoms with E-state index < -0.39 is 12.3 Å². The maximum absolute atomic E-state index is 12.9. The van der Waals surface area contributed by atoms with Crippen LogP contribution in [0.3, 0.4) is 0 Å². The lowest BCUT2D eigenvalue weighted by Gasteiger charge is -2.17. The Balaban J connectivity index is 2.03. The van der Waals surface area contributed by atoms with Gasteiger partial charge in [0.15, 0.2) is 0 Å². The number of alkyl halides is 2. The van der Waals surface area contributed by atoms with Crippen LogP contribution >= 0.6 is 0 Å². The minimum atomic E-state index is -3.02. The monoisotopic (exact) mass is 390 g/mol. The van der Waals surface area contributed by atoms with E-state index in [-0.39, 0.29) is 23.6 Å². The zero-order valence-corrected chi connectivity index (χ0v) is 15.9. The Kier molecular flexibility index (Phi) is 5.43. The van der Waals surface area contributed by atoms with Crippen LogP contribution < -0.4 is 15.2 Å². The molecule has 9 heteroatoms. The van der Waals surface area contributed by atoms with Crippen molar-refractivity contribution in [2.75, 3.05) is 0 Å². The molecule has 3 rings (SSSR count). The van der Waals surface area contributed by atoms with E-state index in [9.17, 15) is 13.6 Å². The predicted molar refractivity (Wildman–Crippen MR) is 98.2 cm³/mol. The van der Waals surface area contributed by atoms with Crippen molar-refractivity contribution in [1.29, 1.82) is 0 Å². The molecule has 0 aliphatic heterocycles. The van der Waals surface area contributed by atoms with Gasteiger partial charge in [-0.05, 0) is 66.1 Å². The largest absolute Gasteiger partial charge is 0.488 e. The molecule has 0 bridgehead atoms. The van der Waals surface area contributed by atoms with Crippen molar-refractivity contribution in [1.82, 2.24) is 19.8 Å². The van der Waals surface area contributed by atoms with Crippen LogP contribution in [-0.4, -0.2) is 26.4 Å². The van der Waals surface area contributed by atoms with E-state index >= 15 is 0 Å². The average Bonchev–Trinajstić information content (AvgIpc) is 2.96. The fraction of sp³-hybridized carbons (Fsp3) is 0.316. The van der Waals surface area contributed by atoms with E-state index in [0.717, 1.165) is 26.1 Å². The molecule has 0 fully saturated rings. The standard InChI is InChI=1S/C19H20F2N4O3/c1-11-8-13(3)17(9-12(11)2)27-10-14-15(25-19(26)24(4)22-23-25)6-5-7-16(14)28-18(20)21/h5-9,18H,10H2,1-4H3. The van der Waals surface area contributed by atoms with Crippen molar-refractivity contribution in [3.63, 3.8) is 0 Å². The quantitative estimate of drug-likeness (QED) is 0.647. The lowest BCUT2D eigenvalue weighted by molar-refractivity contribution is -0.0508. The molecule has 3 aromatic rings. The maximum atomic E-state index is 12.9. The number of aromatic nitrogens is 4. The average molecular weight is 390 g/mol. The number of rotatable bonds is 6. The van der Waals surface area contributed by atoms with Gasteiger partial charge in [0, 0.05) is 7.05 Å². The zero-order chi connectivity index (χ0) is 20.4. The minimum Gasteiger partial charge on any atom is -0.488 e. The summed E-state index contributed by atoms with van der Waals surface area (Å²) < 4.78 is 38.3. The summed E-state index contributed by atoms with van der Waals surface area (Å²) in [7, 11) is 1.44. The Morgan fingerprint density at radius 2 is 1.75 bits per heavy atom. The first kappa shape index (κ1) is 19.5. The third-order valence-corrected chi connectivity index (χ3v) is 4.44. The molecular weight excluding hydrogens is 370 g/mol. The molecule has 148 valence electrons. The number of halogens is 2. The van der Waals surface area contributed by atoms with Gasteiger partial charge in [0.05, 0.1) is 11.3 Å². The normalized spacial score (nSPS) is 11.1. The van der Waals surface area contributed by atoms with Gasteiger partial charge in [0.2, 0.25) is 0 Å². The van der Waals surface area contributed by atoms with Crippen molar-refractivity contribution < 1.29 is 18.3 Å². The van der Waals surface area contributed by atoms with E-state index in [1.165, 1.54) is 19.2 Å². The molecule has 0 unspecified atom stereocenters. The molecule has 0 amide bonds. The van der Waals surface area contributed by atoms with Crippen molar-refractivity contribution in [2.45, 2.75) is 34.0 Å². The van der Waals surface area contributed by atoms with Gasteiger partial charge in [-0.15, -0.1) is 0 Å². The maximum Gasteiger partial charge on any atom is 0.387 e. The number of tetrazole rings is 1. The van der Waals surface area contributed by atoms with Gasteiger partial charge in [-0.25, -0.2) is 4.79 Å². The highest BCUT2D eigenvalue weighted by atomic mass is 19.3. The number of hydrogen-bond donors (Lipinski definition) is 0. The Hall–Kier alpha value is -3.23. The first-order valence-electron chi connectivity index (χ1n) is 8.54. The molecule has 1 aromatic heterocycles. The summed E-state index contributed by atoms with van der Waals surface area (Å²) in [5.41, 5.74) is 3.09. The second kappa shape index (κ2) is 7.79. The number of hydrogen-bond acceptors (Lipinski definition) is 5. The SMILES string of the molecule is Cc1cc(C)c(OCc2c(OC(F)F)cccc2-n2nnn(C)c2=O)cc1C. The summed E-state index contributed by atoms with van der Waals surface area (Å²) in [4.78, 5) is 12.2. The Bertz CT molecular complexity index is 1060. The number of ether oxygens (including phenoxy) is 2. The first-order valence-corrected chi connectivity index (χ1v) is 8.54. The van der Waals surface area contributed by atoms with Crippen LogP contribution in [0.2, 0.25) is 0 Å². The van der Waals surface area contributed by atoms with Crippen LogP contribution in [-0.2, 0) is 13.7 Å². The summed E-state index contributed by atoms with van der Waals surface area (Å²) in [6.45, 7) is 2.74. The van der Waals surface area contributed by atoms with Gasteiger partial charge in [0.25, 0.3) is 0 Å². The lowest BCUT2D eigenvalue weighted by atomic mass is 10.1. The van der Waals surface area contributed by atoms with Crippen molar-refractivity contribution >= 4 is 0 Å². The molecule has 0 aliphatic carbocycles. The topological polar surface area (TPSA) is 71.2 Å². The van der Waals surface area contributed by atoms with E-state index in [0.29, 0.717) is 5.75 Å². The van der Waals surface area contributed by atoms with Gasteiger partial charge >= 0.3 is 12.3 Å². The third kappa shape index (κ3) is 3.88. The molecule has 0 atom stereocenters. The molecule has 0 aliphatic rings. The van der Waals surface area contributed by atoms with Gasteiger partial charge in [-0.2, -0.15) is 18.1 Å². The summed E-state index contributed by atoms with van der Waals surface area (Å²) in [6, 6.07) is 8.33. The van der Waals surface area contributed by atoms with Crippen molar-refractivity contribution in [3.8, 4) is 17.2 Å². The molecule has 28 heavy (non-hydrogen) atoms. The van der Waals surface area contributed by atoms with Crippen LogP contribution in [0.25, 0.3) is 5.69 Å². The molecule has 0 saturated carbocycles. The van der Waals surface area contributed by atoms with Crippen LogP contribution in [0.5, 0.6) is 11.5 Å². The fourth-order valence-electron chi connectivity index (χ4n) is 2.81. The molecule has 0 N–H and O–H groups in total. The van der Waals surface area contributed by atoms with Crippen molar-refractivity contribution in [3.05, 3.63) is 63.1 Å². The Morgan fingerprint density at radius 3 is 2.39 bits per heavy atom. The van der Waals surface area contributed by atoms with Crippen LogP contribution in [0.1, 0.15) is 22.3 Å². The van der Waals surface area contributed by atoms with E-state index in [1.807, 2.05) is 32.9 Å².